The highest BCUT2D eigenvalue weighted by Crippen LogP contribution is 2.34. The van der Waals surface area contributed by atoms with Gasteiger partial charge in [-0.05, 0) is 37.1 Å². The molecule has 0 aromatic carbocycles. The lowest BCUT2D eigenvalue weighted by Crippen LogP contribution is -2.14. The van der Waals surface area contributed by atoms with Crippen LogP contribution in [0.5, 0.6) is 0 Å². The summed E-state index contributed by atoms with van der Waals surface area (Å²) >= 11 is 0. The van der Waals surface area contributed by atoms with Crippen LogP contribution in [0, 0.1) is 0 Å². The van der Waals surface area contributed by atoms with Crippen LogP contribution in [0.3, 0.4) is 0 Å². The number of rotatable bonds is 7. The average molecular weight is 419 g/mol. The van der Waals surface area contributed by atoms with E-state index in [9.17, 15) is 0 Å². The van der Waals surface area contributed by atoms with Crippen molar-refractivity contribution in [2.24, 2.45) is 5.73 Å². The lowest BCUT2D eigenvalue weighted by atomic mass is 10.2. The highest BCUT2D eigenvalue weighted by atomic mass is 16.3. The third-order valence-electron chi connectivity index (χ3n) is 5.79. The van der Waals surface area contributed by atoms with Gasteiger partial charge in [0, 0.05) is 30.8 Å². The molecule has 0 saturated heterocycles. The predicted molar refractivity (Wildman–Crippen MR) is 119 cm³/mol. The largest absolute Gasteiger partial charge is 0.472 e. The van der Waals surface area contributed by atoms with Gasteiger partial charge in [-0.2, -0.15) is 9.97 Å². The Balaban J connectivity index is 1.43. The predicted octanol–water partition coefficient (Wildman–Crippen LogP) is 3.29. The van der Waals surface area contributed by atoms with Crippen molar-refractivity contribution in [1.82, 2.24) is 24.5 Å². The molecule has 31 heavy (non-hydrogen) atoms. The Hall–Kier alpha value is -3.46. The number of fused-ring (bicyclic) bond motifs is 1. The van der Waals surface area contributed by atoms with E-state index in [1.807, 2.05) is 24.4 Å². The fourth-order valence-corrected chi connectivity index (χ4v) is 4.31. The van der Waals surface area contributed by atoms with E-state index in [0.717, 1.165) is 46.7 Å². The molecule has 0 atom stereocenters. The van der Waals surface area contributed by atoms with E-state index in [4.69, 9.17) is 20.9 Å². The summed E-state index contributed by atoms with van der Waals surface area (Å²) in [6, 6.07) is 6.29. The maximum Gasteiger partial charge on any atom is 0.224 e. The van der Waals surface area contributed by atoms with Gasteiger partial charge in [-0.15, -0.1) is 0 Å². The van der Waals surface area contributed by atoms with Gasteiger partial charge in [0.25, 0.3) is 0 Å². The van der Waals surface area contributed by atoms with Gasteiger partial charge < -0.3 is 25.8 Å². The van der Waals surface area contributed by atoms with Crippen LogP contribution < -0.4 is 16.8 Å². The molecule has 4 aromatic heterocycles. The number of anilines is 2. The molecule has 0 spiro atoms. The topological polar surface area (TPSA) is 134 Å². The summed E-state index contributed by atoms with van der Waals surface area (Å²) in [5.41, 5.74) is 16.3. The number of imidazole rings is 1. The van der Waals surface area contributed by atoms with E-state index in [2.05, 4.69) is 24.8 Å². The molecule has 4 aromatic rings. The number of nitrogens with one attached hydrogen (secondary N) is 1. The van der Waals surface area contributed by atoms with Crippen molar-refractivity contribution in [2.45, 2.75) is 44.7 Å². The van der Waals surface area contributed by atoms with Crippen LogP contribution in [0.2, 0.25) is 0 Å². The first-order valence-electron chi connectivity index (χ1n) is 10.7. The summed E-state index contributed by atoms with van der Waals surface area (Å²) < 4.78 is 7.36. The van der Waals surface area contributed by atoms with Gasteiger partial charge >= 0.3 is 0 Å². The summed E-state index contributed by atoms with van der Waals surface area (Å²) in [4.78, 5) is 18.4. The number of furan rings is 1. The Kier molecular flexibility index (Phi) is 5.25. The molecule has 0 aliphatic heterocycles. The van der Waals surface area contributed by atoms with Crippen molar-refractivity contribution in [3.63, 3.8) is 0 Å². The molecule has 0 bridgehead atoms. The van der Waals surface area contributed by atoms with Gasteiger partial charge in [0.1, 0.15) is 5.82 Å². The Morgan fingerprint density at radius 1 is 1.13 bits per heavy atom. The minimum atomic E-state index is 0.238. The third kappa shape index (κ3) is 3.84. The Bertz CT molecular complexity index is 1160. The molecule has 9 nitrogen and oxygen atoms in total. The Morgan fingerprint density at radius 2 is 2.00 bits per heavy atom. The first-order chi connectivity index (χ1) is 15.2. The summed E-state index contributed by atoms with van der Waals surface area (Å²) in [6.07, 6.45) is 10.6. The number of nitrogen functional groups attached to an aromatic ring is 1. The zero-order chi connectivity index (χ0) is 21.2. The van der Waals surface area contributed by atoms with Crippen molar-refractivity contribution in [2.75, 3.05) is 17.6 Å². The standard InChI is InChI=1S/C22H26N8O/c23-9-7-18-27-19-20(28-22(24)29-21(19)30(18)16-3-1-2-4-16)26-12-14-5-6-17(25-11-14)15-8-10-31-13-15/h5-6,8,10-11,13,16H,1-4,7,9,12,23H2,(H3,24,26,28,29). The number of aromatic nitrogens is 5. The van der Waals surface area contributed by atoms with Crippen LogP contribution in [0.4, 0.5) is 11.8 Å². The number of pyridine rings is 1. The molecule has 9 heteroatoms. The fraction of sp³-hybridized carbons (Fsp3) is 0.364. The van der Waals surface area contributed by atoms with E-state index in [-0.39, 0.29) is 5.95 Å². The Morgan fingerprint density at radius 3 is 2.71 bits per heavy atom. The lowest BCUT2D eigenvalue weighted by molar-refractivity contribution is 0.507. The van der Waals surface area contributed by atoms with Crippen LogP contribution in [-0.2, 0) is 13.0 Å². The molecular weight excluding hydrogens is 392 g/mol. The van der Waals surface area contributed by atoms with Crippen molar-refractivity contribution in [3.8, 4) is 11.3 Å². The molecule has 5 rings (SSSR count). The minimum absolute atomic E-state index is 0.238. The van der Waals surface area contributed by atoms with Gasteiger partial charge in [-0.1, -0.05) is 18.9 Å². The molecule has 1 saturated carbocycles. The van der Waals surface area contributed by atoms with Crippen molar-refractivity contribution in [1.29, 1.82) is 0 Å². The quantitative estimate of drug-likeness (QED) is 0.416. The Labute approximate surface area is 179 Å². The maximum absolute atomic E-state index is 6.07. The molecule has 0 amide bonds. The smallest absolute Gasteiger partial charge is 0.224 e. The molecule has 0 radical (unpaired) electrons. The average Bonchev–Trinajstić information content (AvgIpc) is 3.53. The van der Waals surface area contributed by atoms with Crippen molar-refractivity contribution < 1.29 is 4.42 Å². The number of hydrogen-bond donors (Lipinski definition) is 3. The highest BCUT2D eigenvalue weighted by Gasteiger charge is 2.25. The summed E-state index contributed by atoms with van der Waals surface area (Å²) in [6.45, 7) is 1.09. The third-order valence-corrected chi connectivity index (χ3v) is 5.79. The summed E-state index contributed by atoms with van der Waals surface area (Å²) in [7, 11) is 0. The van der Waals surface area contributed by atoms with Gasteiger partial charge in [-0.3, -0.25) is 4.98 Å². The maximum atomic E-state index is 6.07. The molecule has 160 valence electrons. The van der Waals surface area contributed by atoms with Gasteiger partial charge in [-0.25, -0.2) is 4.98 Å². The lowest BCUT2D eigenvalue weighted by Gasteiger charge is -2.15. The van der Waals surface area contributed by atoms with Crippen molar-refractivity contribution >= 4 is 22.9 Å². The van der Waals surface area contributed by atoms with Gasteiger partial charge in [0.15, 0.2) is 17.0 Å². The number of nitrogens with zero attached hydrogens (tertiary/aromatic N) is 5. The van der Waals surface area contributed by atoms with E-state index in [0.29, 0.717) is 31.4 Å². The molecule has 1 aliphatic carbocycles. The molecule has 5 N–H and O–H groups in total. The van der Waals surface area contributed by atoms with E-state index < -0.39 is 0 Å². The van der Waals surface area contributed by atoms with Crippen molar-refractivity contribution in [3.05, 3.63) is 48.3 Å². The summed E-state index contributed by atoms with van der Waals surface area (Å²) in [5.74, 6) is 1.83. The zero-order valence-electron chi connectivity index (χ0n) is 17.3. The van der Waals surface area contributed by atoms with Crippen LogP contribution in [-0.4, -0.2) is 31.0 Å². The van der Waals surface area contributed by atoms with Crippen LogP contribution in [0.25, 0.3) is 22.4 Å². The highest BCUT2D eigenvalue weighted by molar-refractivity contribution is 5.85. The van der Waals surface area contributed by atoms with E-state index in [1.165, 1.54) is 12.8 Å². The van der Waals surface area contributed by atoms with E-state index in [1.54, 1.807) is 12.5 Å². The fourth-order valence-electron chi connectivity index (χ4n) is 4.31. The molecule has 1 aliphatic rings. The monoisotopic (exact) mass is 418 g/mol. The second-order valence-electron chi connectivity index (χ2n) is 7.89. The van der Waals surface area contributed by atoms with Crippen LogP contribution >= 0.6 is 0 Å². The second kappa shape index (κ2) is 8.35. The number of hydrogen-bond acceptors (Lipinski definition) is 8. The van der Waals surface area contributed by atoms with Gasteiger partial charge in [0.2, 0.25) is 5.95 Å². The minimum Gasteiger partial charge on any atom is -0.472 e. The molecule has 4 heterocycles. The first-order valence-corrected chi connectivity index (χ1v) is 10.7. The molecule has 0 unspecified atom stereocenters. The zero-order valence-corrected chi connectivity index (χ0v) is 17.3. The van der Waals surface area contributed by atoms with Crippen LogP contribution in [0.15, 0.2) is 41.3 Å². The van der Waals surface area contributed by atoms with E-state index >= 15 is 0 Å². The SMILES string of the molecule is NCCc1nc2c(NCc3ccc(-c4ccoc4)nc3)nc(N)nc2n1C1CCCC1. The number of nitrogens with two attached hydrogens (primary N) is 2. The second-order valence-corrected chi connectivity index (χ2v) is 7.89. The molecule has 1 fully saturated rings. The normalized spacial score (nSPS) is 14.5. The molecular formula is C22H26N8O. The summed E-state index contributed by atoms with van der Waals surface area (Å²) in [5, 5.41) is 3.38. The van der Waals surface area contributed by atoms with Gasteiger partial charge in [0.05, 0.1) is 18.2 Å². The van der Waals surface area contributed by atoms with Crippen LogP contribution in [0.1, 0.15) is 43.1 Å². The first kappa shape index (κ1) is 19.5.